The molecule has 0 spiro atoms. The number of aromatic nitrogens is 3. The van der Waals surface area contributed by atoms with Gasteiger partial charge in [-0.05, 0) is 12.1 Å². The van der Waals surface area contributed by atoms with Crippen LogP contribution < -0.4 is 5.73 Å². The molecule has 0 radical (unpaired) electrons. The van der Waals surface area contributed by atoms with Crippen LogP contribution in [0.1, 0.15) is 5.82 Å². The second kappa shape index (κ2) is 3.29. The van der Waals surface area contributed by atoms with Crippen molar-refractivity contribution < 1.29 is 0 Å². The summed E-state index contributed by atoms with van der Waals surface area (Å²) in [5, 5.41) is 14.8. The monoisotopic (exact) mass is 187 g/mol. The average molecular weight is 187 g/mol. The lowest BCUT2D eigenvalue weighted by molar-refractivity contribution is 1.02. The lowest BCUT2D eigenvalue weighted by atomic mass is 10.3. The fourth-order valence-electron chi connectivity index (χ4n) is 1.20. The van der Waals surface area contributed by atoms with Gasteiger partial charge in [0.1, 0.15) is 6.33 Å². The first-order valence-electron chi connectivity index (χ1n) is 4.09. The first-order valence-corrected chi connectivity index (χ1v) is 4.09. The van der Waals surface area contributed by atoms with Gasteiger partial charge in [-0.25, -0.2) is 0 Å². The number of amidine groups is 1. The highest BCUT2D eigenvalue weighted by Gasteiger charge is 2.07. The predicted octanol–water partition coefficient (Wildman–Crippen LogP) is 0.551. The smallest absolute Gasteiger partial charge is 0.203 e. The Morgan fingerprint density at radius 2 is 2.00 bits per heavy atom. The van der Waals surface area contributed by atoms with E-state index < -0.39 is 0 Å². The highest BCUT2D eigenvalue weighted by Crippen LogP contribution is 2.07. The van der Waals surface area contributed by atoms with Crippen molar-refractivity contribution in [3.63, 3.8) is 0 Å². The van der Waals surface area contributed by atoms with E-state index in [9.17, 15) is 0 Å². The summed E-state index contributed by atoms with van der Waals surface area (Å²) in [5.74, 6) is 0.266. The Kier molecular flexibility index (Phi) is 1.98. The number of rotatable bonds is 2. The quantitative estimate of drug-likeness (QED) is 0.532. The van der Waals surface area contributed by atoms with Gasteiger partial charge in [-0.2, -0.15) is 0 Å². The maximum absolute atomic E-state index is 7.30. The van der Waals surface area contributed by atoms with Crippen molar-refractivity contribution in [2.24, 2.45) is 5.73 Å². The average Bonchev–Trinajstić information content (AvgIpc) is 2.67. The molecule has 0 aliphatic heterocycles. The number of hydrogen-bond donors (Lipinski definition) is 2. The van der Waals surface area contributed by atoms with Crippen molar-refractivity contribution in [1.82, 2.24) is 14.8 Å². The Labute approximate surface area is 80.7 Å². The SMILES string of the molecule is N=C(N)c1nncn1-c1ccccc1. The molecule has 0 bridgehead atoms. The second-order valence-corrected chi connectivity index (χ2v) is 2.77. The molecule has 0 fully saturated rings. The van der Waals surface area contributed by atoms with E-state index in [0.29, 0.717) is 5.82 Å². The van der Waals surface area contributed by atoms with Crippen LogP contribution in [0, 0.1) is 5.41 Å². The van der Waals surface area contributed by atoms with Crippen LogP contribution in [0.3, 0.4) is 0 Å². The molecule has 70 valence electrons. The van der Waals surface area contributed by atoms with Crippen LogP contribution >= 0.6 is 0 Å². The maximum atomic E-state index is 7.30. The first kappa shape index (κ1) is 8.43. The third-order valence-electron chi connectivity index (χ3n) is 1.82. The van der Waals surface area contributed by atoms with Crippen LogP contribution in [0.2, 0.25) is 0 Å². The van der Waals surface area contributed by atoms with Gasteiger partial charge >= 0.3 is 0 Å². The molecule has 5 heteroatoms. The summed E-state index contributed by atoms with van der Waals surface area (Å²) in [4.78, 5) is 0. The first-order chi connectivity index (χ1) is 6.79. The molecule has 0 unspecified atom stereocenters. The van der Waals surface area contributed by atoms with Gasteiger partial charge in [0.05, 0.1) is 0 Å². The summed E-state index contributed by atoms with van der Waals surface area (Å²) in [7, 11) is 0. The highest BCUT2D eigenvalue weighted by atomic mass is 15.3. The van der Waals surface area contributed by atoms with E-state index in [2.05, 4.69) is 10.2 Å². The Morgan fingerprint density at radius 1 is 1.29 bits per heavy atom. The molecule has 0 saturated carbocycles. The molecule has 0 atom stereocenters. The number of hydrogen-bond acceptors (Lipinski definition) is 3. The van der Waals surface area contributed by atoms with Crippen molar-refractivity contribution in [3.8, 4) is 5.69 Å². The summed E-state index contributed by atoms with van der Waals surface area (Å²) in [6, 6.07) is 9.52. The molecule has 0 saturated heterocycles. The molecular weight excluding hydrogens is 178 g/mol. The van der Waals surface area contributed by atoms with Gasteiger partial charge in [0, 0.05) is 5.69 Å². The number of nitrogen functional groups attached to an aromatic ring is 1. The van der Waals surface area contributed by atoms with E-state index in [4.69, 9.17) is 11.1 Å². The number of para-hydroxylation sites is 1. The molecule has 14 heavy (non-hydrogen) atoms. The molecule has 1 heterocycles. The van der Waals surface area contributed by atoms with Gasteiger partial charge < -0.3 is 5.73 Å². The van der Waals surface area contributed by atoms with Gasteiger partial charge in [0.2, 0.25) is 5.82 Å². The van der Waals surface area contributed by atoms with Crippen LogP contribution in [-0.4, -0.2) is 20.6 Å². The maximum Gasteiger partial charge on any atom is 0.203 e. The minimum absolute atomic E-state index is 0.0913. The zero-order valence-corrected chi connectivity index (χ0v) is 7.38. The second-order valence-electron chi connectivity index (χ2n) is 2.77. The summed E-state index contributed by atoms with van der Waals surface area (Å²) < 4.78 is 1.67. The van der Waals surface area contributed by atoms with Crippen molar-refractivity contribution >= 4 is 5.84 Å². The van der Waals surface area contributed by atoms with Gasteiger partial charge in [-0.15, -0.1) is 10.2 Å². The van der Waals surface area contributed by atoms with E-state index in [1.54, 1.807) is 4.57 Å². The number of benzene rings is 1. The van der Waals surface area contributed by atoms with E-state index in [1.807, 2.05) is 30.3 Å². The van der Waals surface area contributed by atoms with Gasteiger partial charge in [0.25, 0.3) is 0 Å². The third-order valence-corrected chi connectivity index (χ3v) is 1.82. The molecular formula is C9H9N5. The van der Waals surface area contributed by atoms with Crippen molar-refractivity contribution in [2.45, 2.75) is 0 Å². The fraction of sp³-hybridized carbons (Fsp3) is 0. The summed E-state index contributed by atoms with van der Waals surface area (Å²) in [5.41, 5.74) is 6.25. The Hall–Kier alpha value is -2.17. The van der Waals surface area contributed by atoms with Gasteiger partial charge in [-0.1, -0.05) is 18.2 Å². The molecule has 0 amide bonds. The minimum atomic E-state index is -0.0913. The lowest BCUT2D eigenvalue weighted by Gasteiger charge is -2.03. The van der Waals surface area contributed by atoms with Crippen LogP contribution in [0.4, 0.5) is 0 Å². The molecule has 2 aromatic rings. The zero-order chi connectivity index (χ0) is 9.97. The van der Waals surface area contributed by atoms with E-state index in [1.165, 1.54) is 6.33 Å². The Bertz CT molecular complexity index is 445. The summed E-state index contributed by atoms with van der Waals surface area (Å²) >= 11 is 0. The molecule has 5 nitrogen and oxygen atoms in total. The van der Waals surface area contributed by atoms with E-state index in [0.717, 1.165) is 5.69 Å². The van der Waals surface area contributed by atoms with Gasteiger partial charge in [0.15, 0.2) is 5.84 Å². The number of nitrogens with one attached hydrogen (secondary N) is 1. The van der Waals surface area contributed by atoms with Gasteiger partial charge in [-0.3, -0.25) is 9.98 Å². The molecule has 2 rings (SSSR count). The Balaban J connectivity index is 2.52. The topological polar surface area (TPSA) is 80.6 Å². The number of nitrogens with two attached hydrogens (primary N) is 1. The zero-order valence-electron chi connectivity index (χ0n) is 7.38. The van der Waals surface area contributed by atoms with Crippen LogP contribution in [0.5, 0.6) is 0 Å². The van der Waals surface area contributed by atoms with Crippen molar-refractivity contribution in [2.75, 3.05) is 0 Å². The summed E-state index contributed by atoms with van der Waals surface area (Å²) in [6.07, 6.45) is 1.53. The molecule has 0 aliphatic rings. The Morgan fingerprint density at radius 3 is 2.64 bits per heavy atom. The molecule has 1 aromatic carbocycles. The lowest BCUT2D eigenvalue weighted by Crippen LogP contribution is -2.17. The molecule has 1 aromatic heterocycles. The van der Waals surface area contributed by atoms with Crippen molar-refractivity contribution in [1.29, 1.82) is 5.41 Å². The third kappa shape index (κ3) is 1.35. The van der Waals surface area contributed by atoms with E-state index in [-0.39, 0.29) is 5.84 Å². The predicted molar refractivity (Wildman–Crippen MR) is 52.4 cm³/mol. The largest absolute Gasteiger partial charge is 0.381 e. The minimum Gasteiger partial charge on any atom is -0.381 e. The van der Waals surface area contributed by atoms with E-state index >= 15 is 0 Å². The standard InChI is InChI=1S/C9H9N5/c10-8(11)9-13-12-6-14(9)7-4-2-1-3-5-7/h1-6H,(H3,10,11). The van der Waals surface area contributed by atoms with Crippen LogP contribution in [0.15, 0.2) is 36.7 Å². The fourth-order valence-corrected chi connectivity index (χ4v) is 1.20. The van der Waals surface area contributed by atoms with Crippen molar-refractivity contribution in [3.05, 3.63) is 42.5 Å². The summed E-state index contributed by atoms with van der Waals surface area (Å²) in [6.45, 7) is 0. The molecule has 3 N–H and O–H groups in total. The normalized spacial score (nSPS) is 10.0. The number of nitrogens with zero attached hydrogens (tertiary/aromatic N) is 3. The van der Waals surface area contributed by atoms with Crippen LogP contribution in [0.25, 0.3) is 5.69 Å². The molecule has 0 aliphatic carbocycles. The highest BCUT2D eigenvalue weighted by molar-refractivity contribution is 5.91. The van der Waals surface area contributed by atoms with Crippen LogP contribution in [-0.2, 0) is 0 Å².